The number of anilines is 1. The number of hydrogen-bond donors (Lipinski definition) is 1. The van der Waals surface area contributed by atoms with Gasteiger partial charge in [-0.2, -0.15) is 5.01 Å². The zero-order chi connectivity index (χ0) is 22.3. The minimum atomic E-state index is -1.21. The molecular weight excluding hydrogens is 487 g/mol. The summed E-state index contributed by atoms with van der Waals surface area (Å²) in [4.78, 5) is 4.19. The van der Waals surface area contributed by atoms with E-state index in [2.05, 4.69) is 46.0 Å². The molecule has 9 heteroatoms. The highest BCUT2D eigenvalue weighted by Crippen LogP contribution is 2.45. The zero-order valence-corrected chi connectivity index (χ0v) is 20.1. The molecule has 0 amide bonds. The number of aromatic nitrogens is 1. The van der Waals surface area contributed by atoms with Gasteiger partial charge in [0, 0.05) is 25.5 Å². The molecule has 2 aromatic carbocycles. The van der Waals surface area contributed by atoms with Crippen molar-refractivity contribution in [1.29, 1.82) is 0 Å². The molecule has 164 valence electrons. The maximum atomic E-state index is 14.6. The molecule has 4 rings (SSSR count). The number of ether oxygens (including phenoxy) is 1. The second-order valence-electron chi connectivity index (χ2n) is 8.77. The molecule has 0 saturated carbocycles. The minimum Gasteiger partial charge on any atom is -0.365 e. The van der Waals surface area contributed by atoms with Gasteiger partial charge in [0.15, 0.2) is 0 Å². The molecule has 1 atom stereocenters. The van der Waals surface area contributed by atoms with Crippen LogP contribution in [0.3, 0.4) is 0 Å². The van der Waals surface area contributed by atoms with Crippen molar-refractivity contribution in [1.82, 2.24) is 9.99 Å². The molecule has 0 saturated heterocycles. The van der Waals surface area contributed by atoms with E-state index < -0.39 is 25.5 Å². The van der Waals surface area contributed by atoms with Gasteiger partial charge in [-0.15, -0.1) is 0 Å². The van der Waals surface area contributed by atoms with E-state index in [4.69, 9.17) is 4.74 Å². The number of benzene rings is 2. The van der Waals surface area contributed by atoms with E-state index in [1.807, 2.05) is 5.01 Å². The van der Waals surface area contributed by atoms with E-state index in [9.17, 15) is 13.2 Å². The number of alkyl halides is 1. The van der Waals surface area contributed by atoms with Crippen molar-refractivity contribution in [3.63, 3.8) is 0 Å². The number of nitrogens with zero attached hydrogens (tertiary/aromatic N) is 2. The van der Waals surface area contributed by atoms with Crippen LogP contribution in [0.25, 0.3) is 22.0 Å². The summed E-state index contributed by atoms with van der Waals surface area (Å²) in [7, 11) is -1.21. The molecule has 0 aliphatic carbocycles. The smallest absolute Gasteiger partial charge is 0.135 e. The van der Waals surface area contributed by atoms with Crippen LogP contribution in [0.4, 0.5) is 18.9 Å². The maximum Gasteiger partial charge on any atom is 0.135 e. The molecule has 1 aliphatic rings. The lowest BCUT2D eigenvalue weighted by atomic mass is 10.0. The standard InChI is InChI=1S/C22H23BrF3N3OSi/c1-31(2,3)10-9-30-12-29-22(23)21-20(28-29)14-8-7-13(24)11-15(14)19(27-21)18-16(25)5-4-6-17(18)26/h4-8,11,22,28H,9-10,12H2,1-3H3. The molecule has 0 fully saturated rings. The Morgan fingerprint density at radius 1 is 1.10 bits per heavy atom. The predicted octanol–water partition coefficient (Wildman–Crippen LogP) is 6.67. The SMILES string of the molecule is C[Si](C)(C)CCOCN1Nc2c(nc(-c3c(F)cccc3F)c3cc(F)ccc23)C1Br. The van der Waals surface area contributed by atoms with Crippen molar-refractivity contribution in [2.75, 3.05) is 18.8 Å². The summed E-state index contributed by atoms with van der Waals surface area (Å²) >= 11 is 3.61. The Hall–Kier alpha value is -1.94. The molecular formula is C22H23BrF3N3OSi. The van der Waals surface area contributed by atoms with Crippen LogP contribution >= 0.6 is 15.9 Å². The molecule has 3 aromatic rings. The Balaban J connectivity index is 1.73. The molecule has 1 aromatic heterocycles. The van der Waals surface area contributed by atoms with E-state index in [0.29, 0.717) is 35.5 Å². The van der Waals surface area contributed by atoms with Gasteiger partial charge in [0.2, 0.25) is 0 Å². The maximum absolute atomic E-state index is 14.6. The summed E-state index contributed by atoms with van der Waals surface area (Å²) < 4.78 is 49.0. The third-order valence-corrected chi connectivity index (χ3v) is 7.81. The number of rotatable bonds is 6. The molecule has 1 unspecified atom stereocenters. The molecule has 1 N–H and O–H groups in total. The van der Waals surface area contributed by atoms with Crippen LogP contribution < -0.4 is 5.43 Å². The first-order valence-corrected chi connectivity index (χ1v) is 14.6. The zero-order valence-electron chi connectivity index (χ0n) is 17.5. The van der Waals surface area contributed by atoms with Crippen molar-refractivity contribution >= 4 is 40.5 Å². The van der Waals surface area contributed by atoms with Gasteiger partial charge in [-0.3, -0.25) is 0 Å². The number of nitrogens with one attached hydrogen (secondary N) is 1. The van der Waals surface area contributed by atoms with E-state index in [1.54, 1.807) is 6.07 Å². The van der Waals surface area contributed by atoms with Gasteiger partial charge in [-0.05, 0) is 36.4 Å². The average Bonchev–Trinajstić information content (AvgIpc) is 3.00. The van der Waals surface area contributed by atoms with Crippen molar-refractivity contribution in [2.45, 2.75) is 30.6 Å². The fraction of sp³-hybridized carbons (Fsp3) is 0.318. The second-order valence-corrected chi connectivity index (χ2v) is 15.3. The van der Waals surface area contributed by atoms with E-state index in [1.165, 1.54) is 30.3 Å². The summed E-state index contributed by atoms with van der Waals surface area (Å²) in [5.41, 5.74) is 4.27. The lowest BCUT2D eigenvalue weighted by Crippen LogP contribution is -2.30. The first-order valence-electron chi connectivity index (χ1n) is 9.98. The van der Waals surface area contributed by atoms with Crippen molar-refractivity contribution in [3.05, 3.63) is 59.5 Å². The van der Waals surface area contributed by atoms with Crippen LogP contribution in [-0.4, -0.2) is 31.4 Å². The molecule has 0 spiro atoms. The monoisotopic (exact) mass is 509 g/mol. The van der Waals surface area contributed by atoms with Crippen LogP contribution in [0.1, 0.15) is 10.6 Å². The number of hydrogen-bond acceptors (Lipinski definition) is 4. The summed E-state index contributed by atoms with van der Waals surface area (Å²) in [6.07, 6.45) is 0. The highest BCUT2D eigenvalue weighted by Gasteiger charge is 2.33. The van der Waals surface area contributed by atoms with Gasteiger partial charge in [-0.1, -0.05) is 41.6 Å². The lowest BCUT2D eigenvalue weighted by molar-refractivity contribution is 0.0491. The first-order chi connectivity index (χ1) is 14.7. The normalized spacial score (nSPS) is 16.5. The molecule has 31 heavy (non-hydrogen) atoms. The Labute approximate surface area is 188 Å². The van der Waals surface area contributed by atoms with E-state index in [0.717, 1.165) is 6.04 Å². The van der Waals surface area contributed by atoms with Crippen molar-refractivity contribution in [2.24, 2.45) is 0 Å². The molecule has 1 aliphatic heterocycles. The third kappa shape index (κ3) is 4.50. The minimum absolute atomic E-state index is 0.0663. The van der Waals surface area contributed by atoms with Gasteiger partial charge in [0.1, 0.15) is 29.1 Å². The fourth-order valence-corrected chi connectivity index (χ4v) is 4.80. The second kappa shape index (κ2) is 8.53. The van der Waals surface area contributed by atoms with Gasteiger partial charge in [-0.25, -0.2) is 18.2 Å². The van der Waals surface area contributed by atoms with E-state index >= 15 is 0 Å². The Bertz CT molecular complexity index is 1120. The van der Waals surface area contributed by atoms with Gasteiger partial charge in [0.25, 0.3) is 0 Å². The van der Waals surface area contributed by atoms with Crippen LogP contribution in [0.15, 0.2) is 36.4 Å². The molecule has 4 nitrogen and oxygen atoms in total. The predicted molar refractivity (Wildman–Crippen MR) is 123 cm³/mol. The lowest BCUT2D eigenvalue weighted by Gasteiger charge is -2.21. The van der Waals surface area contributed by atoms with Crippen LogP contribution in [-0.2, 0) is 4.74 Å². The third-order valence-electron chi connectivity index (χ3n) is 5.18. The Kier molecular flexibility index (Phi) is 6.13. The van der Waals surface area contributed by atoms with Crippen molar-refractivity contribution in [3.8, 4) is 11.3 Å². The van der Waals surface area contributed by atoms with E-state index in [-0.39, 0.29) is 16.2 Å². The number of pyridine rings is 1. The summed E-state index contributed by atoms with van der Waals surface area (Å²) in [5, 5.41) is 2.76. The summed E-state index contributed by atoms with van der Waals surface area (Å²) in [5.74, 6) is -2.00. The summed E-state index contributed by atoms with van der Waals surface area (Å²) in [6.45, 7) is 7.79. The van der Waals surface area contributed by atoms with Crippen molar-refractivity contribution < 1.29 is 17.9 Å². The highest BCUT2D eigenvalue weighted by atomic mass is 79.9. The largest absolute Gasteiger partial charge is 0.365 e. The number of hydrazine groups is 1. The quantitative estimate of drug-likeness (QED) is 0.174. The summed E-state index contributed by atoms with van der Waals surface area (Å²) in [6, 6.07) is 8.83. The molecule has 0 radical (unpaired) electrons. The van der Waals surface area contributed by atoms with Gasteiger partial charge < -0.3 is 10.2 Å². The van der Waals surface area contributed by atoms with Crippen LogP contribution in [0.2, 0.25) is 25.7 Å². The molecule has 2 heterocycles. The average molecular weight is 510 g/mol. The Morgan fingerprint density at radius 3 is 2.48 bits per heavy atom. The molecule has 0 bridgehead atoms. The van der Waals surface area contributed by atoms with Crippen LogP contribution in [0.5, 0.6) is 0 Å². The van der Waals surface area contributed by atoms with Gasteiger partial charge >= 0.3 is 0 Å². The Morgan fingerprint density at radius 2 is 1.81 bits per heavy atom. The van der Waals surface area contributed by atoms with Gasteiger partial charge in [0.05, 0.1) is 22.6 Å². The topological polar surface area (TPSA) is 37.4 Å². The fourth-order valence-electron chi connectivity index (χ4n) is 3.50. The first kappa shape index (κ1) is 22.3. The highest BCUT2D eigenvalue weighted by molar-refractivity contribution is 9.09. The number of fused-ring (bicyclic) bond motifs is 3. The number of halogens is 4. The van der Waals surface area contributed by atoms with Crippen LogP contribution in [0, 0.1) is 17.5 Å².